The van der Waals surface area contributed by atoms with Crippen molar-refractivity contribution in [2.75, 3.05) is 35.6 Å². The fourth-order valence-electron chi connectivity index (χ4n) is 5.35. The summed E-state index contributed by atoms with van der Waals surface area (Å²) in [5.41, 5.74) is -0.500. The van der Waals surface area contributed by atoms with Crippen molar-refractivity contribution in [3.8, 4) is 6.01 Å². The van der Waals surface area contributed by atoms with Crippen LogP contribution in [0.1, 0.15) is 42.6 Å². The average Bonchev–Trinajstić information content (AvgIpc) is 3.80. The van der Waals surface area contributed by atoms with Gasteiger partial charge in [0.1, 0.15) is 5.82 Å². The van der Waals surface area contributed by atoms with Crippen LogP contribution in [0.15, 0.2) is 65.6 Å². The normalized spacial score (nSPS) is 13.7. The van der Waals surface area contributed by atoms with E-state index in [4.69, 9.17) is 21.5 Å². The van der Waals surface area contributed by atoms with Crippen molar-refractivity contribution in [2.24, 2.45) is 10.6 Å². The SMILES string of the molecule is CC(C)(CNC(=O)C(=O)Nc1nc2ccc(S(N)(=O)=O)cc2s1)CNC(=O)c1ccc(Nc2nc(NC3(c4ccc(Cl)cc4)CC3)nc(OCC(F)(F)F)n2)cc1F. The Bertz CT molecular complexity index is 2500. The number of thiazole rings is 1. The number of rotatable bonds is 14. The largest absolute Gasteiger partial charge is 0.454 e. The van der Waals surface area contributed by atoms with Crippen molar-refractivity contribution < 1.29 is 45.1 Å². The van der Waals surface area contributed by atoms with Crippen LogP contribution in [0.4, 0.5) is 40.3 Å². The first-order valence-electron chi connectivity index (χ1n) is 17.0. The molecule has 58 heavy (non-hydrogen) atoms. The highest BCUT2D eigenvalue weighted by molar-refractivity contribution is 7.89. The van der Waals surface area contributed by atoms with Gasteiger partial charge in [-0.2, -0.15) is 28.1 Å². The van der Waals surface area contributed by atoms with Crippen LogP contribution in [0.3, 0.4) is 0 Å². The summed E-state index contributed by atoms with van der Waals surface area (Å²) in [6.45, 7) is 1.54. The highest BCUT2D eigenvalue weighted by Crippen LogP contribution is 2.48. The lowest BCUT2D eigenvalue weighted by Crippen LogP contribution is -2.45. The van der Waals surface area contributed by atoms with Gasteiger partial charge in [0.15, 0.2) is 11.7 Å². The van der Waals surface area contributed by atoms with Gasteiger partial charge in [-0.25, -0.2) is 22.9 Å². The Kier molecular flexibility index (Phi) is 11.8. The summed E-state index contributed by atoms with van der Waals surface area (Å²) in [5.74, 6) is -4.17. The van der Waals surface area contributed by atoms with Gasteiger partial charge in [0.25, 0.3) is 5.91 Å². The summed E-state index contributed by atoms with van der Waals surface area (Å²) in [4.78, 5) is 54.2. The fourth-order valence-corrected chi connectivity index (χ4v) is 6.99. The van der Waals surface area contributed by atoms with Gasteiger partial charge in [-0.15, -0.1) is 0 Å². The molecule has 0 unspecified atom stereocenters. The van der Waals surface area contributed by atoms with Crippen molar-refractivity contribution >= 4 is 83.6 Å². The van der Waals surface area contributed by atoms with E-state index in [1.807, 2.05) is 0 Å². The van der Waals surface area contributed by atoms with Crippen molar-refractivity contribution in [1.29, 1.82) is 0 Å². The zero-order valence-corrected chi connectivity index (χ0v) is 32.7. The summed E-state index contributed by atoms with van der Waals surface area (Å²) < 4.78 is 82.6. The van der Waals surface area contributed by atoms with Gasteiger partial charge in [-0.3, -0.25) is 19.7 Å². The molecule has 2 aromatic heterocycles. The minimum atomic E-state index is -4.68. The number of halogens is 5. The smallest absolute Gasteiger partial charge is 0.422 e. The van der Waals surface area contributed by atoms with Gasteiger partial charge in [0.05, 0.1) is 26.2 Å². The lowest BCUT2D eigenvalue weighted by molar-refractivity contribution is -0.154. The number of sulfonamides is 1. The molecule has 1 saturated carbocycles. The number of ether oxygens (including phenoxy) is 1. The third-order valence-electron chi connectivity index (χ3n) is 8.52. The van der Waals surface area contributed by atoms with Gasteiger partial charge in [0.2, 0.25) is 21.9 Å². The third kappa shape index (κ3) is 10.8. The molecule has 0 saturated heterocycles. The molecule has 16 nitrogen and oxygen atoms in total. The van der Waals surface area contributed by atoms with Crippen LogP contribution in [0, 0.1) is 11.2 Å². The van der Waals surface area contributed by atoms with Crippen LogP contribution < -0.4 is 36.5 Å². The summed E-state index contributed by atoms with van der Waals surface area (Å²) in [6.07, 6.45) is -3.34. The Morgan fingerprint density at radius 2 is 1.60 bits per heavy atom. The molecular formula is C35H33ClF4N10O6S2. The standard InChI is InChI=1S/C35H33ClF4N10O6S2/c1-33(2,16-43-27(52)28(53)46-32-45-24-10-8-21(58(41,54)55)14-25(24)57-32)15-42-26(51)22-9-7-20(13-23(22)37)44-29-47-30(49-31(48-29)56-17-35(38,39)40)50-34(11-12-34)18-3-5-19(36)6-4-18/h3-10,13-14H,11-12,15-17H2,1-2H3,(H,42,51)(H,43,52)(H2,41,54,55)(H,45,46,53)(H2,44,47,48,49,50). The minimum absolute atomic E-state index is 0.0444. The zero-order valence-electron chi connectivity index (χ0n) is 30.3. The molecule has 2 heterocycles. The molecule has 0 aliphatic heterocycles. The second-order valence-electron chi connectivity index (χ2n) is 13.9. The average molecular weight is 865 g/mol. The predicted molar refractivity (Wildman–Crippen MR) is 206 cm³/mol. The number of aromatic nitrogens is 4. The first-order chi connectivity index (χ1) is 27.2. The summed E-state index contributed by atoms with van der Waals surface area (Å²) in [6, 6.07) is 13.8. The van der Waals surface area contributed by atoms with Gasteiger partial charge >= 0.3 is 24.0 Å². The lowest BCUT2D eigenvalue weighted by Gasteiger charge is -2.25. The number of nitrogens with one attached hydrogen (secondary N) is 5. The Labute approximate surface area is 336 Å². The number of anilines is 4. The topological polar surface area (TPSA) is 232 Å². The Balaban J connectivity index is 1.04. The molecule has 1 aliphatic rings. The molecule has 0 radical (unpaired) electrons. The number of alkyl halides is 3. The van der Waals surface area contributed by atoms with E-state index in [1.54, 1.807) is 38.1 Å². The van der Waals surface area contributed by atoms with Gasteiger partial charge in [0, 0.05) is 23.8 Å². The number of amides is 3. The Morgan fingerprint density at radius 3 is 2.26 bits per heavy atom. The maximum absolute atomic E-state index is 15.3. The molecule has 1 fully saturated rings. The van der Waals surface area contributed by atoms with Crippen LogP contribution in [-0.2, 0) is 25.2 Å². The fraction of sp³-hybridized carbons (Fsp3) is 0.286. The second-order valence-corrected chi connectivity index (χ2v) is 16.9. The number of carbonyl (C=O) groups excluding carboxylic acids is 3. The lowest BCUT2D eigenvalue weighted by atomic mass is 9.93. The second kappa shape index (κ2) is 16.3. The minimum Gasteiger partial charge on any atom is -0.454 e. The number of hydrogen-bond donors (Lipinski definition) is 6. The van der Waals surface area contributed by atoms with Crippen LogP contribution in [0.2, 0.25) is 5.02 Å². The van der Waals surface area contributed by atoms with Gasteiger partial charge in [-0.05, 0) is 72.4 Å². The quantitative estimate of drug-likeness (QED) is 0.0624. The van der Waals surface area contributed by atoms with Crippen LogP contribution >= 0.6 is 22.9 Å². The van der Waals surface area contributed by atoms with Crippen LogP contribution in [0.25, 0.3) is 10.2 Å². The van der Waals surface area contributed by atoms with E-state index in [0.29, 0.717) is 28.1 Å². The first-order valence-corrected chi connectivity index (χ1v) is 19.8. The number of fused-ring (bicyclic) bond motifs is 1. The van der Waals surface area contributed by atoms with E-state index >= 15 is 4.39 Å². The first kappa shape index (κ1) is 41.9. The molecule has 0 bridgehead atoms. The molecule has 6 rings (SSSR count). The molecular weight excluding hydrogens is 832 g/mol. The highest BCUT2D eigenvalue weighted by atomic mass is 35.5. The third-order valence-corrected chi connectivity index (χ3v) is 10.6. The number of carbonyl (C=O) groups is 3. The number of nitrogens with zero attached hydrogens (tertiary/aromatic N) is 4. The van der Waals surface area contributed by atoms with Crippen molar-refractivity contribution in [3.63, 3.8) is 0 Å². The highest BCUT2D eigenvalue weighted by Gasteiger charge is 2.45. The van der Waals surface area contributed by atoms with Crippen LogP contribution in [-0.4, -0.2) is 71.9 Å². The van der Waals surface area contributed by atoms with E-state index in [2.05, 4.69) is 46.5 Å². The van der Waals surface area contributed by atoms with E-state index < -0.39 is 63.3 Å². The van der Waals surface area contributed by atoms with Crippen molar-refractivity contribution in [2.45, 2.75) is 43.3 Å². The number of primary sulfonamides is 1. The Hall–Kier alpha value is -5.71. The van der Waals surface area contributed by atoms with E-state index in [9.17, 15) is 36.0 Å². The summed E-state index contributed by atoms with van der Waals surface area (Å²) in [5, 5.41) is 19.0. The zero-order chi connectivity index (χ0) is 42.0. The van der Waals surface area contributed by atoms with Crippen molar-refractivity contribution in [3.05, 3.63) is 82.6 Å². The maximum Gasteiger partial charge on any atom is 0.422 e. The molecule has 0 atom stereocenters. The number of benzene rings is 3. The van der Waals surface area contributed by atoms with Gasteiger partial charge < -0.3 is 26.0 Å². The van der Waals surface area contributed by atoms with E-state index in [0.717, 1.165) is 23.0 Å². The molecule has 3 amide bonds. The monoisotopic (exact) mass is 864 g/mol. The maximum atomic E-state index is 15.3. The van der Waals surface area contributed by atoms with E-state index in [-0.39, 0.29) is 46.3 Å². The molecule has 5 aromatic rings. The van der Waals surface area contributed by atoms with E-state index in [1.165, 1.54) is 30.3 Å². The number of nitrogens with two attached hydrogens (primary N) is 1. The molecule has 7 N–H and O–H groups in total. The summed E-state index contributed by atoms with van der Waals surface area (Å²) >= 11 is 6.95. The predicted octanol–water partition coefficient (Wildman–Crippen LogP) is 5.22. The van der Waals surface area contributed by atoms with Gasteiger partial charge in [-0.1, -0.05) is 48.9 Å². The Morgan fingerprint density at radius 1 is 0.914 bits per heavy atom. The molecule has 0 spiro atoms. The summed E-state index contributed by atoms with van der Waals surface area (Å²) in [7, 11) is -3.96. The molecule has 3 aromatic carbocycles. The number of hydrogen-bond acceptors (Lipinski definition) is 13. The van der Waals surface area contributed by atoms with Crippen molar-refractivity contribution in [1.82, 2.24) is 30.6 Å². The van der Waals surface area contributed by atoms with Crippen LogP contribution in [0.5, 0.6) is 6.01 Å². The molecule has 306 valence electrons. The molecule has 23 heteroatoms. The molecule has 1 aliphatic carbocycles.